The van der Waals surface area contributed by atoms with Crippen LogP contribution in [0.1, 0.15) is 34.2 Å². The van der Waals surface area contributed by atoms with E-state index in [9.17, 15) is 22.4 Å². The van der Waals surface area contributed by atoms with Gasteiger partial charge in [-0.3, -0.25) is 4.79 Å². The Balaban J connectivity index is 1.85. The SMILES string of the molecule is NC(=O)c1oc(N2CCC(c3cccc(F)c3)C2)nc1C(F)(F)F. The van der Waals surface area contributed by atoms with Gasteiger partial charge in [-0.25, -0.2) is 4.39 Å². The zero-order valence-electron chi connectivity index (χ0n) is 12.3. The van der Waals surface area contributed by atoms with Gasteiger partial charge in [0.15, 0.2) is 5.69 Å². The van der Waals surface area contributed by atoms with E-state index in [4.69, 9.17) is 10.2 Å². The van der Waals surface area contributed by atoms with Crippen molar-refractivity contribution < 1.29 is 26.8 Å². The van der Waals surface area contributed by atoms with Crippen molar-refractivity contribution in [3.63, 3.8) is 0 Å². The Morgan fingerprint density at radius 3 is 2.71 bits per heavy atom. The summed E-state index contributed by atoms with van der Waals surface area (Å²) in [5, 5.41) is 0. The highest BCUT2D eigenvalue weighted by atomic mass is 19.4. The Labute approximate surface area is 134 Å². The van der Waals surface area contributed by atoms with Crippen LogP contribution in [0, 0.1) is 5.82 Å². The first-order valence-electron chi connectivity index (χ1n) is 7.14. The van der Waals surface area contributed by atoms with E-state index in [0.717, 1.165) is 5.56 Å². The maximum atomic E-state index is 13.3. The van der Waals surface area contributed by atoms with Gasteiger partial charge in [-0.1, -0.05) is 12.1 Å². The summed E-state index contributed by atoms with van der Waals surface area (Å²) in [6.45, 7) is 0.677. The van der Waals surface area contributed by atoms with Crippen molar-refractivity contribution in [3.05, 3.63) is 47.1 Å². The number of hydrogen-bond donors (Lipinski definition) is 1. The molecule has 1 amide bonds. The first kappa shape index (κ1) is 16.3. The van der Waals surface area contributed by atoms with Crippen molar-refractivity contribution in [2.45, 2.75) is 18.5 Å². The van der Waals surface area contributed by atoms with E-state index in [1.54, 1.807) is 12.1 Å². The van der Waals surface area contributed by atoms with E-state index in [2.05, 4.69) is 4.98 Å². The summed E-state index contributed by atoms with van der Waals surface area (Å²) < 4.78 is 57.0. The molecule has 0 aliphatic carbocycles. The Morgan fingerprint density at radius 1 is 1.38 bits per heavy atom. The molecule has 1 saturated heterocycles. The summed E-state index contributed by atoms with van der Waals surface area (Å²) in [5.41, 5.74) is 4.24. The van der Waals surface area contributed by atoms with Gasteiger partial charge >= 0.3 is 6.18 Å². The van der Waals surface area contributed by atoms with Crippen molar-refractivity contribution >= 4 is 11.9 Å². The second-order valence-corrected chi connectivity index (χ2v) is 5.52. The molecule has 0 saturated carbocycles. The maximum Gasteiger partial charge on any atom is 0.437 e. The highest BCUT2D eigenvalue weighted by Gasteiger charge is 2.42. The van der Waals surface area contributed by atoms with Crippen LogP contribution in [-0.2, 0) is 6.18 Å². The number of carbonyl (C=O) groups excluding carboxylic acids is 1. The molecule has 5 nitrogen and oxygen atoms in total. The van der Waals surface area contributed by atoms with Crippen molar-refractivity contribution in [1.82, 2.24) is 4.98 Å². The van der Waals surface area contributed by atoms with Crippen LogP contribution in [0.2, 0.25) is 0 Å². The number of halogens is 4. The van der Waals surface area contributed by atoms with Crippen LogP contribution >= 0.6 is 0 Å². The fourth-order valence-electron chi connectivity index (χ4n) is 2.77. The van der Waals surface area contributed by atoms with Crippen molar-refractivity contribution in [1.29, 1.82) is 0 Å². The number of carbonyl (C=O) groups is 1. The highest BCUT2D eigenvalue weighted by molar-refractivity contribution is 5.91. The van der Waals surface area contributed by atoms with Gasteiger partial charge in [-0.15, -0.1) is 0 Å². The molecule has 1 aromatic carbocycles. The Morgan fingerprint density at radius 2 is 2.12 bits per heavy atom. The molecule has 2 aromatic rings. The van der Waals surface area contributed by atoms with Crippen molar-refractivity contribution in [2.75, 3.05) is 18.0 Å². The van der Waals surface area contributed by atoms with Crippen LogP contribution in [0.3, 0.4) is 0 Å². The molecule has 1 aliphatic heterocycles. The Hall–Kier alpha value is -2.58. The quantitative estimate of drug-likeness (QED) is 0.870. The monoisotopic (exact) mass is 343 g/mol. The summed E-state index contributed by atoms with van der Waals surface area (Å²) in [4.78, 5) is 16.0. The molecule has 1 fully saturated rings. The second-order valence-electron chi connectivity index (χ2n) is 5.52. The fourth-order valence-corrected chi connectivity index (χ4v) is 2.77. The van der Waals surface area contributed by atoms with Gasteiger partial charge in [0, 0.05) is 19.0 Å². The lowest BCUT2D eigenvalue weighted by atomic mass is 9.98. The summed E-state index contributed by atoms with van der Waals surface area (Å²) in [6.07, 6.45) is -4.24. The number of rotatable bonds is 3. The molecular formula is C15H13F4N3O2. The number of primary amides is 1. The molecule has 2 N–H and O–H groups in total. The normalized spacial score (nSPS) is 18.2. The smallest absolute Gasteiger partial charge is 0.417 e. The molecule has 0 radical (unpaired) electrons. The van der Waals surface area contributed by atoms with Crippen molar-refractivity contribution in [2.24, 2.45) is 5.73 Å². The molecule has 3 rings (SSSR count). The zero-order valence-corrected chi connectivity index (χ0v) is 12.3. The van der Waals surface area contributed by atoms with Crippen molar-refractivity contribution in [3.8, 4) is 0 Å². The lowest BCUT2D eigenvalue weighted by Crippen LogP contribution is -2.20. The minimum atomic E-state index is -4.84. The van der Waals surface area contributed by atoms with E-state index in [-0.39, 0.29) is 17.7 Å². The fraction of sp³-hybridized carbons (Fsp3) is 0.333. The molecule has 0 spiro atoms. The molecule has 128 valence electrons. The molecule has 1 aliphatic rings. The van der Waals surface area contributed by atoms with Crippen LogP contribution < -0.4 is 10.6 Å². The number of nitrogens with zero attached hydrogens (tertiary/aromatic N) is 2. The minimum absolute atomic E-state index is 0.0704. The summed E-state index contributed by atoms with van der Waals surface area (Å²) in [6, 6.07) is 5.72. The standard InChI is InChI=1S/C15H13F4N3O2/c16-10-3-1-2-8(6-10)9-4-5-22(7-9)14-21-12(15(17,18)19)11(24-14)13(20)23/h1-3,6,9H,4-5,7H2,(H2,20,23). The Bertz CT molecular complexity index is 772. The number of amides is 1. The first-order valence-corrected chi connectivity index (χ1v) is 7.14. The third-order valence-electron chi connectivity index (χ3n) is 3.89. The molecule has 0 bridgehead atoms. The van der Waals surface area contributed by atoms with Gasteiger partial charge in [0.1, 0.15) is 5.82 Å². The van der Waals surface area contributed by atoms with Crippen LogP contribution in [-0.4, -0.2) is 24.0 Å². The number of benzene rings is 1. The predicted molar refractivity (Wildman–Crippen MR) is 76.0 cm³/mol. The molecule has 1 atom stereocenters. The number of oxazole rings is 1. The van der Waals surface area contributed by atoms with Gasteiger partial charge in [-0.05, 0) is 24.1 Å². The molecular weight excluding hydrogens is 330 g/mol. The average Bonchev–Trinajstić information content (AvgIpc) is 3.13. The van der Waals surface area contributed by atoms with E-state index >= 15 is 0 Å². The summed E-state index contributed by atoms with van der Waals surface area (Å²) >= 11 is 0. The lowest BCUT2D eigenvalue weighted by Gasteiger charge is -2.14. The van der Waals surface area contributed by atoms with E-state index in [1.165, 1.54) is 17.0 Å². The summed E-state index contributed by atoms with van der Waals surface area (Å²) in [7, 11) is 0. The van der Waals surface area contributed by atoms with E-state index in [1.807, 2.05) is 0 Å². The molecule has 1 aromatic heterocycles. The third kappa shape index (κ3) is 3.06. The van der Waals surface area contributed by atoms with Gasteiger partial charge in [0.2, 0.25) is 5.76 Å². The predicted octanol–water partition coefficient (Wildman–Crippen LogP) is 2.93. The molecule has 9 heteroatoms. The van der Waals surface area contributed by atoms with Crippen LogP contribution in [0.4, 0.5) is 23.6 Å². The van der Waals surface area contributed by atoms with Gasteiger partial charge < -0.3 is 15.1 Å². The summed E-state index contributed by atoms with van der Waals surface area (Å²) in [5.74, 6) is -2.79. The number of aromatic nitrogens is 1. The van der Waals surface area contributed by atoms with Gasteiger partial charge in [-0.2, -0.15) is 18.2 Å². The van der Waals surface area contributed by atoms with Gasteiger partial charge in [0.25, 0.3) is 11.9 Å². The van der Waals surface area contributed by atoms with E-state index < -0.39 is 23.5 Å². The highest BCUT2D eigenvalue weighted by Crippen LogP contribution is 2.36. The van der Waals surface area contributed by atoms with Crippen LogP contribution in [0.15, 0.2) is 28.7 Å². The van der Waals surface area contributed by atoms with Gasteiger partial charge in [0.05, 0.1) is 0 Å². The molecule has 24 heavy (non-hydrogen) atoms. The molecule has 2 heterocycles. The number of nitrogens with two attached hydrogens (primary N) is 1. The number of alkyl halides is 3. The number of anilines is 1. The number of hydrogen-bond acceptors (Lipinski definition) is 4. The largest absolute Gasteiger partial charge is 0.437 e. The topological polar surface area (TPSA) is 72.4 Å². The first-order chi connectivity index (χ1) is 11.3. The zero-order chi connectivity index (χ0) is 17.5. The molecule has 1 unspecified atom stereocenters. The Kier molecular flexibility index (Phi) is 3.94. The third-order valence-corrected chi connectivity index (χ3v) is 3.89. The minimum Gasteiger partial charge on any atom is -0.417 e. The maximum absolute atomic E-state index is 13.3. The van der Waals surface area contributed by atoms with E-state index in [0.29, 0.717) is 19.5 Å². The average molecular weight is 343 g/mol. The second kappa shape index (κ2) is 5.81. The van der Waals surface area contributed by atoms with Crippen LogP contribution in [0.5, 0.6) is 0 Å². The van der Waals surface area contributed by atoms with Crippen LogP contribution in [0.25, 0.3) is 0 Å². The lowest BCUT2D eigenvalue weighted by molar-refractivity contribution is -0.141.